The minimum Gasteiger partial charge on any atom is -0.491 e. The van der Waals surface area contributed by atoms with Crippen LogP contribution in [0.1, 0.15) is 28.5 Å². The van der Waals surface area contributed by atoms with Crippen molar-refractivity contribution in [3.8, 4) is 5.75 Å². The summed E-state index contributed by atoms with van der Waals surface area (Å²) < 4.78 is 8.08. The van der Waals surface area contributed by atoms with Gasteiger partial charge in [0.05, 0.1) is 6.54 Å². The third-order valence-electron chi connectivity index (χ3n) is 4.25. The van der Waals surface area contributed by atoms with Crippen molar-refractivity contribution < 1.29 is 9.53 Å². The molecule has 0 amide bonds. The lowest BCUT2D eigenvalue weighted by atomic mass is 10.1. The first-order valence-electron chi connectivity index (χ1n) is 7.87. The van der Waals surface area contributed by atoms with Crippen LogP contribution < -0.4 is 4.74 Å². The van der Waals surface area contributed by atoms with Gasteiger partial charge < -0.3 is 9.30 Å². The Morgan fingerprint density at radius 3 is 2.48 bits per heavy atom. The maximum atomic E-state index is 12.0. The largest absolute Gasteiger partial charge is 0.491 e. The van der Waals surface area contributed by atoms with Crippen LogP contribution in [0.25, 0.3) is 10.9 Å². The molecule has 3 aromatic rings. The summed E-state index contributed by atoms with van der Waals surface area (Å²) in [5.74, 6) is 1.02. The average molecular weight is 307 g/mol. The van der Waals surface area contributed by atoms with Crippen LogP contribution in [0, 0.1) is 13.8 Å². The number of rotatable bonds is 5. The van der Waals surface area contributed by atoms with Crippen molar-refractivity contribution in [2.45, 2.75) is 27.3 Å². The molecule has 0 atom stereocenters. The van der Waals surface area contributed by atoms with E-state index in [1.54, 1.807) is 6.92 Å². The first-order valence-corrected chi connectivity index (χ1v) is 7.87. The lowest BCUT2D eigenvalue weighted by Gasteiger charge is -2.12. The number of hydrogen-bond acceptors (Lipinski definition) is 2. The van der Waals surface area contributed by atoms with Crippen molar-refractivity contribution in [2.75, 3.05) is 6.61 Å². The molecule has 0 aliphatic heterocycles. The highest BCUT2D eigenvalue weighted by Crippen LogP contribution is 2.26. The molecule has 0 fully saturated rings. The summed E-state index contributed by atoms with van der Waals surface area (Å²) in [5.41, 5.74) is 4.04. The van der Waals surface area contributed by atoms with Crippen LogP contribution in [-0.2, 0) is 6.54 Å². The fraction of sp³-hybridized carbons (Fsp3) is 0.250. The number of ketones is 1. The molecule has 0 spiro atoms. The first kappa shape index (κ1) is 15.3. The fourth-order valence-electron chi connectivity index (χ4n) is 3.13. The Balaban J connectivity index is 1.87. The zero-order valence-electron chi connectivity index (χ0n) is 13.8. The quantitative estimate of drug-likeness (QED) is 0.648. The molecule has 2 aromatic carbocycles. The van der Waals surface area contributed by atoms with E-state index in [9.17, 15) is 4.79 Å². The van der Waals surface area contributed by atoms with E-state index in [0.29, 0.717) is 13.2 Å². The van der Waals surface area contributed by atoms with E-state index in [-0.39, 0.29) is 5.78 Å². The van der Waals surface area contributed by atoms with Gasteiger partial charge in [-0.3, -0.25) is 4.79 Å². The predicted octanol–water partition coefficient (Wildman–Crippen LogP) is 4.54. The van der Waals surface area contributed by atoms with E-state index in [1.165, 1.54) is 0 Å². The van der Waals surface area contributed by atoms with Gasteiger partial charge in [0.25, 0.3) is 0 Å². The van der Waals surface area contributed by atoms with Gasteiger partial charge in [0.1, 0.15) is 12.4 Å². The number of benzene rings is 2. The Morgan fingerprint density at radius 1 is 1.04 bits per heavy atom. The highest BCUT2D eigenvalue weighted by molar-refractivity contribution is 6.08. The average Bonchev–Trinajstić information content (AvgIpc) is 2.81. The highest BCUT2D eigenvalue weighted by atomic mass is 16.5. The number of para-hydroxylation sites is 2. The van der Waals surface area contributed by atoms with Gasteiger partial charge in [0, 0.05) is 22.2 Å². The van der Waals surface area contributed by atoms with Crippen molar-refractivity contribution >= 4 is 16.7 Å². The Bertz CT molecular complexity index is 861. The van der Waals surface area contributed by atoms with Crippen LogP contribution in [0.5, 0.6) is 5.75 Å². The summed E-state index contributed by atoms with van der Waals surface area (Å²) in [6.07, 6.45) is 0. The molecule has 3 nitrogen and oxygen atoms in total. The summed E-state index contributed by atoms with van der Waals surface area (Å²) in [4.78, 5) is 12.0. The molecule has 23 heavy (non-hydrogen) atoms. The van der Waals surface area contributed by atoms with Gasteiger partial charge in [0.15, 0.2) is 5.78 Å². The zero-order valence-corrected chi connectivity index (χ0v) is 13.8. The molecule has 0 saturated carbocycles. The summed E-state index contributed by atoms with van der Waals surface area (Å²) in [5, 5.41) is 1.02. The van der Waals surface area contributed by atoms with Gasteiger partial charge in [-0.1, -0.05) is 36.4 Å². The van der Waals surface area contributed by atoms with Gasteiger partial charge in [-0.2, -0.15) is 0 Å². The maximum absolute atomic E-state index is 12.0. The van der Waals surface area contributed by atoms with Crippen LogP contribution in [0.4, 0.5) is 0 Å². The van der Waals surface area contributed by atoms with Gasteiger partial charge >= 0.3 is 0 Å². The zero-order chi connectivity index (χ0) is 16.4. The number of nitrogens with zero attached hydrogens (tertiary/aromatic N) is 1. The third kappa shape index (κ3) is 2.87. The molecule has 0 N–H and O–H groups in total. The number of fused-ring (bicyclic) bond motifs is 1. The van der Waals surface area contributed by atoms with E-state index in [1.807, 2.05) is 56.3 Å². The number of carbonyl (C=O) groups is 1. The SMILES string of the molecule is CC(=O)c1c(C)n(CCOc2ccccc2C)c2ccccc12. The van der Waals surface area contributed by atoms with Crippen LogP contribution in [-0.4, -0.2) is 17.0 Å². The second-order valence-corrected chi connectivity index (χ2v) is 5.80. The highest BCUT2D eigenvalue weighted by Gasteiger charge is 2.16. The molecular formula is C20H21NO2. The molecule has 1 aromatic heterocycles. The van der Waals surface area contributed by atoms with Gasteiger partial charge in [0.2, 0.25) is 0 Å². The van der Waals surface area contributed by atoms with Crippen LogP contribution in [0.3, 0.4) is 0 Å². The molecule has 0 bridgehead atoms. The lowest BCUT2D eigenvalue weighted by molar-refractivity contribution is 0.101. The van der Waals surface area contributed by atoms with E-state index < -0.39 is 0 Å². The van der Waals surface area contributed by atoms with Crippen LogP contribution >= 0.6 is 0 Å². The molecule has 3 rings (SSSR count). The number of hydrogen-bond donors (Lipinski definition) is 0. The Labute approximate surface area is 136 Å². The fourth-order valence-corrected chi connectivity index (χ4v) is 3.13. The van der Waals surface area contributed by atoms with Crippen LogP contribution in [0.2, 0.25) is 0 Å². The van der Waals surface area contributed by atoms with Crippen molar-refractivity contribution in [2.24, 2.45) is 0 Å². The van der Waals surface area contributed by atoms with E-state index in [2.05, 4.69) is 10.6 Å². The number of carbonyl (C=O) groups excluding carboxylic acids is 1. The molecule has 1 heterocycles. The summed E-state index contributed by atoms with van der Waals surface area (Å²) in [6.45, 7) is 6.96. The molecule has 0 aliphatic rings. The minimum absolute atomic E-state index is 0.109. The third-order valence-corrected chi connectivity index (χ3v) is 4.25. The van der Waals surface area contributed by atoms with Gasteiger partial charge in [-0.05, 0) is 38.5 Å². The molecular weight excluding hydrogens is 286 g/mol. The first-order chi connectivity index (χ1) is 11.1. The minimum atomic E-state index is 0.109. The van der Waals surface area contributed by atoms with Gasteiger partial charge in [-0.25, -0.2) is 0 Å². The monoisotopic (exact) mass is 307 g/mol. The molecule has 118 valence electrons. The maximum Gasteiger partial charge on any atom is 0.162 e. The standard InChI is InChI=1S/C20H21NO2/c1-14-8-4-7-11-19(14)23-13-12-21-15(2)20(16(3)22)17-9-5-6-10-18(17)21/h4-11H,12-13H2,1-3H3. The number of Topliss-reactive ketones (excluding diaryl/α,β-unsaturated/α-hetero) is 1. The molecule has 3 heteroatoms. The second-order valence-electron chi connectivity index (χ2n) is 5.80. The Morgan fingerprint density at radius 2 is 1.74 bits per heavy atom. The topological polar surface area (TPSA) is 31.2 Å². The molecule has 0 unspecified atom stereocenters. The summed E-state index contributed by atoms with van der Waals surface area (Å²) >= 11 is 0. The number of ether oxygens (including phenoxy) is 1. The normalized spacial score (nSPS) is 10.9. The Hall–Kier alpha value is -2.55. The number of aromatic nitrogens is 1. The van der Waals surface area contributed by atoms with Crippen molar-refractivity contribution in [1.29, 1.82) is 0 Å². The van der Waals surface area contributed by atoms with E-state index >= 15 is 0 Å². The summed E-state index contributed by atoms with van der Waals surface area (Å²) in [6, 6.07) is 16.1. The Kier molecular flexibility index (Phi) is 4.20. The smallest absolute Gasteiger partial charge is 0.162 e. The summed E-state index contributed by atoms with van der Waals surface area (Å²) in [7, 11) is 0. The lowest BCUT2D eigenvalue weighted by Crippen LogP contribution is -2.10. The molecule has 0 radical (unpaired) electrons. The van der Waals surface area contributed by atoms with Crippen molar-refractivity contribution in [3.05, 3.63) is 65.4 Å². The molecule has 0 saturated heterocycles. The van der Waals surface area contributed by atoms with E-state index in [4.69, 9.17) is 4.74 Å². The van der Waals surface area contributed by atoms with E-state index in [0.717, 1.165) is 33.5 Å². The van der Waals surface area contributed by atoms with Crippen LogP contribution in [0.15, 0.2) is 48.5 Å². The van der Waals surface area contributed by atoms with Gasteiger partial charge in [-0.15, -0.1) is 0 Å². The molecule has 0 aliphatic carbocycles. The van der Waals surface area contributed by atoms with Crippen molar-refractivity contribution in [3.63, 3.8) is 0 Å². The number of aryl methyl sites for hydroxylation is 1. The van der Waals surface area contributed by atoms with Crippen molar-refractivity contribution in [1.82, 2.24) is 4.57 Å². The second kappa shape index (κ2) is 6.29. The predicted molar refractivity (Wildman–Crippen MR) is 93.4 cm³/mol.